The van der Waals surface area contributed by atoms with E-state index < -0.39 is 0 Å². The zero-order chi connectivity index (χ0) is 13.2. The lowest BCUT2D eigenvalue weighted by Gasteiger charge is -2.34. The SMILES string of the molecule is C[C@@H]1CN(Cc2cc(-c3ccco3)on2)C[C@H](C)O1. The Bertz CT molecular complexity index is 511. The van der Waals surface area contributed by atoms with Crippen LogP contribution in [0.4, 0.5) is 0 Å². The van der Waals surface area contributed by atoms with Crippen molar-refractivity contribution >= 4 is 0 Å². The van der Waals surface area contributed by atoms with Crippen molar-refractivity contribution in [1.29, 1.82) is 0 Å². The fraction of sp³-hybridized carbons (Fsp3) is 0.500. The van der Waals surface area contributed by atoms with E-state index in [-0.39, 0.29) is 12.2 Å². The minimum atomic E-state index is 0.264. The molecule has 5 nitrogen and oxygen atoms in total. The Morgan fingerprint density at radius 1 is 1.26 bits per heavy atom. The minimum absolute atomic E-state index is 0.264. The standard InChI is InChI=1S/C14H18N2O3/c1-10-7-16(8-11(2)18-10)9-12-6-14(19-15-12)13-4-3-5-17-13/h3-6,10-11H,7-9H2,1-2H3/t10-,11+. The van der Waals surface area contributed by atoms with Crippen molar-refractivity contribution in [3.05, 3.63) is 30.2 Å². The highest BCUT2D eigenvalue weighted by Gasteiger charge is 2.23. The third kappa shape index (κ3) is 2.88. The van der Waals surface area contributed by atoms with Crippen molar-refractivity contribution in [3.8, 4) is 11.5 Å². The molecule has 0 unspecified atom stereocenters. The molecule has 2 atom stereocenters. The van der Waals surface area contributed by atoms with Crippen LogP contribution in [-0.2, 0) is 11.3 Å². The van der Waals surface area contributed by atoms with Gasteiger partial charge in [-0.05, 0) is 26.0 Å². The highest BCUT2D eigenvalue weighted by Crippen LogP contribution is 2.22. The molecule has 0 N–H and O–H groups in total. The summed E-state index contributed by atoms with van der Waals surface area (Å²) in [6, 6.07) is 5.63. The van der Waals surface area contributed by atoms with Gasteiger partial charge < -0.3 is 13.7 Å². The molecule has 1 saturated heterocycles. The maximum absolute atomic E-state index is 5.72. The molecule has 0 saturated carbocycles. The van der Waals surface area contributed by atoms with Gasteiger partial charge in [0.25, 0.3) is 0 Å². The van der Waals surface area contributed by atoms with Crippen molar-refractivity contribution in [1.82, 2.24) is 10.1 Å². The molecule has 0 bridgehead atoms. The van der Waals surface area contributed by atoms with E-state index in [0.717, 1.165) is 25.3 Å². The van der Waals surface area contributed by atoms with Gasteiger partial charge in [0, 0.05) is 25.7 Å². The lowest BCUT2D eigenvalue weighted by atomic mass is 10.2. The molecular weight excluding hydrogens is 244 g/mol. The van der Waals surface area contributed by atoms with Gasteiger partial charge in [-0.2, -0.15) is 0 Å². The van der Waals surface area contributed by atoms with Crippen molar-refractivity contribution in [2.24, 2.45) is 0 Å². The average Bonchev–Trinajstić information content (AvgIpc) is 2.96. The predicted molar refractivity (Wildman–Crippen MR) is 69.5 cm³/mol. The lowest BCUT2D eigenvalue weighted by molar-refractivity contribution is -0.0709. The fourth-order valence-corrected chi connectivity index (χ4v) is 2.56. The lowest BCUT2D eigenvalue weighted by Crippen LogP contribution is -2.44. The zero-order valence-electron chi connectivity index (χ0n) is 11.2. The summed E-state index contributed by atoms with van der Waals surface area (Å²) in [6.07, 6.45) is 2.16. The fourth-order valence-electron chi connectivity index (χ4n) is 2.56. The number of nitrogens with zero attached hydrogens (tertiary/aromatic N) is 2. The first-order valence-corrected chi connectivity index (χ1v) is 6.58. The molecule has 1 aliphatic rings. The summed E-state index contributed by atoms with van der Waals surface area (Å²) in [5.41, 5.74) is 0.924. The van der Waals surface area contributed by atoms with Crippen LogP contribution < -0.4 is 0 Å². The molecular formula is C14H18N2O3. The molecule has 1 fully saturated rings. The van der Waals surface area contributed by atoms with Crippen LogP contribution in [0.1, 0.15) is 19.5 Å². The second-order valence-electron chi connectivity index (χ2n) is 5.11. The van der Waals surface area contributed by atoms with Crippen molar-refractivity contribution in [2.45, 2.75) is 32.6 Å². The Labute approximate surface area is 112 Å². The van der Waals surface area contributed by atoms with Crippen LogP contribution in [0.5, 0.6) is 0 Å². The number of hydrogen-bond donors (Lipinski definition) is 0. The highest BCUT2D eigenvalue weighted by molar-refractivity contribution is 5.49. The maximum Gasteiger partial charge on any atom is 0.202 e. The Morgan fingerprint density at radius 3 is 2.74 bits per heavy atom. The first kappa shape index (κ1) is 12.4. The molecule has 0 spiro atoms. The van der Waals surface area contributed by atoms with Crippen LogP contribution in [0.2, 0.25) is 0 Å². The summed E-state index contributed by atoms with van der Waals surface area (Å²) in [4.78, 5) is 2.34. The number of hydrogen-bond acceptors (Lipinski definition) is 5. The van der Waals surface area contributed by atoms with Crippen LogP contribution in [0, 0.1) is 0 Å². The van der Waals surface area contributed by atoms with Crippen LogP contribution >= 0.6 is 0 Å². The third-order valence-electron chi connectivity index (χ3n) is 3.20. The quantitative estimate of drug-likeness (QED) is 0.850. The summed E-state index contributed by atoms with van der Waals surface area (Å²) < 4.78 is 16.3. The van der Waals surface area contributed by atoms with Gasteiger partial charge in [0.15, 0.2) is 5.76 Å². The van der Waals surface area contributed by atoms with E-state index in [2.05, 4.69) is 23.9 Å². The van der Waals surface area contributed by atoms with Crippen molar-refractivity contribution in [2.75, 3.05) is 13.1 Å². The first-order chi connectivity index (χ1) is 9.20. The second kappa shape index (κ2) is 5.19. The van der Waals surface area contributed by atoms with Crippen molar-refractivity contribution < 1.29 is 13.7 Å². The van der Waals surface area contributed by atoms with Gasteiger partial charge in [-0.3, -0.25) is 4.90 Å². The zero-order valence-corrected chi connectivity index (χ0v) is 11.2. The Morgan fingerprint density at radius 2 is 2.05 bits per heavy atom. The van der Waals surface area contributed by atoms with E-state index in [4.69, 9.17) is 13.7 Å². The van der Waals surface area contributed by atoms with E-state index in [0.29, 0.717) is 11.5 Å². The Balaban J connectivity index is 1.67. The summed E-state index contributed by atoms with van der Waals surface area (Å²) in [6.45, 7) is 6.82. The number of furan rings is 1. The molecule has 1 aliphatic heterocycles. The molecule has 0 aliphatic carbocycles. The van der Waals surface area contributed by atoms with Gasteiger partial charge in [-0.15, -0.1) is 0 Å². The topological polar surface area (TPSA) is 51.6 Å². The molecule has 3 rings (SSSR count). The number of aromatic nitrogens is 1. The smallest absolute Gasteiger partial charge is 0.202 e. The van der Waals surface area contributed by atoms with Gasteiger partial charge >= 0.3 is 0 Å². The van der Waals surface area contributed by atoms with E-state index in [1.54, 1.807) is 6.26 Å². The second-order valence-corrected chi connectivity index (χ2v) is 5.11. The summed E-state index contributed by atoms with van der Waals surface area (Å²) >= 11 is 0. The van der Waals surface area contributed by atoms with Crippen LogP contribution in [0.3, 0.4) is 0 Å². The van der Waals surface area contributed by atoms with Crippen LogP contribution in [-0.4, -0.2) is 35.4 Å². The highest BCUT2D eigenvalue weighted by atomic mass is 16.5. The molecule has 0 aromatic carbocycles. The van der Waals surface area contributed by atoms with Gasteiger partial charge in [-0.1, -0.05) is 5.16 Å². The number of rotatable bonds is 3. The molecule has 2 aromatic heterocycles. The van der Waals surface area contributed by atoms with Gasteiger partial charge in [0.1, 0.15) is 0 Å². The maximum atomic E-state index is 5.72. The number of ether oxygens (including phenoxy) is 1. The largest absolute Gasteiger partial charge is 0.461 e. The average molecular weight is 262 g/mol. The monoisotopic (exact) mass is 262 g/mol. The summed E-state index contributed by atoms with van der Waals surface area (Å²) in [7, 11) is 0. The molecule has 102 valence electrons. The Hall–Kier alpha value is -1.59. The van der Waals surface area contributed by atoms with E-state index in [9.17, 15) is 0 Å². The normalized spacial score (nSPS) is 24.7. The molecule has 0 radical (unpaired) electrons. The first-order valence-electron chi connectivity index (χ1n) is 6.58. The Kier molecular flexibility index (Phi) is 3.40. The molecule has 5 heteroatoms. The van der Waals surface area contributed by atoms with Crippen LogP contribution in [0.25, 0.3) is 11.5 Å². The molecule has 2 aromatic rings. The molecule has 19 heavy (non-hydrogen) atoms. The van der Waals surface area contributed by atoms with Crippen LogP contribution in [0.15, 0.2) is 33.4 Å². The minimum Gasteiger partial charge on any atom is -0.461 e. The summed E-state index contributed by atoms with van der Waals surface area (Å²) in [5.74, 6) is 1.39. The molecule has 3 heterocycles. The predicted octanol–water partition coefficient (Wildman–Crippen LogP) is 2.54. The molecule has 0 amide bonds. The third-order valence-corrected chi connectivity index (χ3v) is 3.20. The van der Waals surface area contributed by atoms with Gasteiger partial charge in [-0.25, -0.2) is 0 Å². The van der Waals surface area contributed by atoms with E-state index >= 15 is 0 Å². The van der Waals surface area contributed by atoms with Crippen molar-refractivity contribution in [3.63, 3.8) is 0 Å². The van der Waals surface area contributed by atoms with Gasteiger partial charge in [0.2, 0.25) is 5.76 Å². The van der Waals surface area contributed by atoms with E-state index in [1.807, 2.05) is 18.2 Å². The van der Waals surface area contributed by atoms with E-state index in [1.165, 1.54) is 0 Å². The number of morpholine rings is 1. The van der Waals surface area contributed by atoms with Gasteiger partial charge in [0.05, 0.1) is 24.2 Å². The summed E-state index contributed by atoms with van der Waals surface area (Å²) in [5, 5.41) is 4.10.